The average Bonchev–Trinajstić information content (AvgIpc) is 2.72. The van der Waals surface area contributed by atoms with Crippen molar-refractivity contribution in [2.45, 2.75) is 6.18 Å². The van der Waals surface area contributed by atoms with Crippen LogP contribution in [0.5, 0.6) is 0 Å². The summed E-state index contributed by atoms with van der Waals surface area (Å²) in [6, 6.07) is 4.35. The second-order valence-electron chi connectivity index (χ2n) is 4.34. The molecule has 0 saturated carbocycles. The molecule has 0 unspecified atom stereocenters. The van der Waals surface area contributed by atoms with E-state index in [1.165, 1.54) is 6.07 Å². The van der Waals surface area contributed by atoms with E-state index in [1.54, 1.807) is 0 Å². The summed E-state index contributed by atoms with van der Waals surface area (Å²) in [7, 11) is 0. The molecule has 0 aliphatic heterocycles. The van der Waals surface area contributed by atoms with Gasteiger partial charge < -0.3 is 0 Å². The zero-order valence-electron chi connectivity index (χ0n) is 10.5. The van der Waals surface area contributed by atoms with Gasteiger partial charge in [-0.25, -0.2) is 13.9 Å². The van der Waals surface area contributed by atoms with Gasteiger partial charge in [-0.3, -0.25) is 4.79 Å². The lowest BCUT2D eigenvalue weighted by atomic mass is 10.2. The standard InChI is InChI=1S/C13H5ClF4N2OS/c14-8-3-6(13(16,17)18)5-19-11(8)20-9-2-1-7(15)4-10(9)22-12(20)21/h1-5H. The van der Waals surface area contributed by atoms with Crippen LogP contribution in [0.15, 0.2) is 35.3 Å². The first kappa shape index (κ1) is 15.0. The zero-order chi connectivity index (χ0) is 16.1. The van der Waals surface area contributed by atoms with Crippen LogP contribution in [0.1, 0.15) is 5.56 Å². The number of alkyl halides is 3. The van der Waals surface area contributed by atoms with Gasteiger partial charge in [0.15, 0.2) is 5.82 Å². The Morgan fingerprint density at radius 2 is 1.95 bits per heavy atom. The van der Waals surface area contributed by atoms with Gasteiger partial charge in [0, 0.05) is 6.20 Å². The van der Waals surface area contributed by atoms with Crippen molar-refractivity contribution in [2.75, 3.05) is 0 Å². The Balaban J connectivity index is 2.24. The van der Waals surface area contributed by atoms with Crippen molar-refractivity contribution < 1.29 is 17.6 Å². The molecule has 0 radical (unpaired) electrons. The van der Waals surface area contributed by atoms with Crippen molar-refractivity contribution in [1.82, 2.24) is 9.55 Å². The zero-order valence-corrected chi connectivity index (χ0v) is 12.1. The Morgan fingerprint density at radius 3 is 2.59 bits per heavy atom. The molecule has 0 aliphatic carbocycles. The summed E-state index contributed by atoms with van der Waals surface area (Å²) in [6.45, 7) is 0. The summed E-state index contributed by atoms with van der Waals surface area (Å²) in [6.07, 6.45) is -3.99. The van der Waals surface area contributed by atoms with E-state index < -0.39 is 22.4 Å². The van der Waals surface area contributed by atoms with Crippen molar-refractivity contribution >= 4 is 33.2 Å². The fourth-order valence-corrected chi connectivity index (χ4v) is 3.09. The number of aromatic nitrogens is 2. The minimum Gasteiger partial charge on any atom is -0.256 e. The van der Waals surface area contributed by atoms with Crippen LogP contribution >= 0.6 is 22.9 Å². The normalized spacial score (nSPS) is 12.0. The second kappa shape index (κ2) is 5.06. The van der Waals surface area contributed by atoms with Crippen molar-refractivity contribution in [3.63, 3.8) is 0 Å². The number of thiazole rings is 1. The van der Waals surface area contributed by atoms with Crippen molar-refractivity contribution in [3.05, 3.63) is 56.5 Å². The van der Waals surface area contributed by atoms with Gasteiger partial charge in [-0.1, -0.05) is 22.9 Å². The van der Waals surface area contributed by atoms with Crippen LogP contribution in [-0.4, -0.2) is 9.55 Å². The molecule has 22 heavy (non-hydrogen) atoms. The van der Waals surface area contributed by atoms with Crippen LogP contribution in [0.4, 0.5) is 17.6 Å². The molecule has 1 aromatic carbocycles. The average molecular weight is 349 g/mol. The predicted octanol–water partition coefficient (Wildman–Crippen LogP) is 4.26. The summed E-state index contributed by atoms with van der Waals surface area (Å²) < 4.78 is 52.4. The maximum atomic E-state index is 13.2. The summed E-state index contributed by atoms with van der Waals surface area (Å²) in [5.74, 6) is -0.648. The Morgan fingerprint density at radius 1 is 1.23 bits per heavy atom. The highest BCUT2D eigenvalue weighted by atomic mass is 35.5. The maximum Gasteiger partial charge on any atom is 0.417 e. The fourth-order valence-electron chi connectivity index (χ4n) is 1.94. The third kappa shape index (κ3) is 2.48. The monoisotopic (exact) mass is 348 g/mol. The maximum absolute atomic E-state index is 13.2. The lowest BCUT2D eigenvalue weighted by molar-refractivity contribution is -0.137. The molecule has 0 spiro atoms. The molecular formula is C13H5ClF4N2OS. The van der Waals surface area contributed by atoms with E-state index in [0.29, 0.717) is 22.5 Å². The third-order valence-corrected chi connectivity index (χ3v) is 4.09. The predicted molar refractivity (Wildman–Crippen MR) is 75.2 cm³/mol. The van der Waals surface area contributed by atoms with Crippen molar-refractivity contribution in [2.24, 2.45) is 0 Å². The van der Waals surface area contributed by atoms with E-state index in [2.05, 4.69) is 4.98 Å². The van der Waals surface area contributed by atoms with Gasteiger partial charge >= 0.3 is 11.0 Å². The molecule has 0 atom stereocenters. The number of nitrogens with zero attached hydrogens (tertiary/aromatic N) is 2. The molecular weight excluding hydrogens is 344 g/mol. The number of pyridine rings is 1. The number of halogens is 5. The van der Waals surface area contributed by atoms with E-state index in [-0.39, 0.29) is 10.8 Å². The fraction of sp³-hybridized carbons (Fsp3) is 0.0769. The molecule has 2 aromatic heterocycles. The third-order valence-electron chi connectivity index (χ3n) is 2.90. The van der Waals surface area contributed by atoms with Gasteiger partial charge in [0.1, 0.15) is 5.82 Å². The molecule has 3 aromatic rings. The number of hydrogen-bond donors (Lipinski definition) is 0. The molecule has 9 heteroatoms. The van der Waals surface area contributed by atoms with E-state index in [9.17, 15) is 22.4 Å². The molecule has 114 valence electrons. The quantitative estimate of drug-likeness (QED) is 0.616. The molecule has 3 nitrogen and oxygen atoms in total. The van der Waals surface area contributed by atoms with Gasteiger partial charge in [-0.15, -0.1) is 0 Å². The molecule has 0 N–H and O–H groups in total. The Bertz CT molecular complexity index is 932. The number of rotatable bonds is 1. The Kier molecular flexibility index (Phi) is 3.45. The second-order valence-corrected chi connectivity index (χ2v) is 5.74. The number of hydrogen-bond acceptors (Lipinski definition) is 3. The van der Waals surface area contributed by atoms with Gasteiger partial charge in [-0.05, 0) is 24.3 Å². The molecule has 2 heterocycles. The first-order valence-corrected chi connectivity index (χ1v) is 7.01. The van der Waals surface area contributed by atoms with Gasteiger partial charge in [0.2, 0.25) is 0 Å². The van der Waals surface area contributed by atoms with Crippen LogP contribution in [-0.2, 0) is 6.18 Å². The lowest BCUT2D eigenvalue weighted by Gasteiger charge is -2.09. The van der Waals surface area contributed by atoms with Crippen LogP contribution in [0.2, 0.25) is 5.02 Å². The Hall–Kier alpha value is -1.93. The van der Waals surface area contributed by atoms with Crippen LogP contribution in [0.25, 0.3) is 16.0 Å². The van der Waals surface area contributed by atoms with E-state index in [0.717, 1.165) is 28.0 Å². The molecule has 0 saturated heterocycles. The summed E-state index contributed by atoms with van der Waals surface area (Å²) in [5, 5.41) is -0.319. The summed E-state index contributed by atoms with van der Waals surface area (Å²) in [4.78, 5) is 15.1. The molecule has 0 amide bonds. The lowest BCUT2D eigenvalue weighted by Crippen LogP contribution is -2.14. The number of benzene rings is 1. The van der Waals surface area contributed by atoms with Crippen molar-refractivity contribution in [1.29, 1.82) is 0 Å². The Labute approximate surface area is 129 Å². The highest BCUT2D eigenvalue weighted by Crippen LogP contribution is 2.32. The van der Waals surface area contributed by atoms with Crippen LogP contribution in [0, 0.1) is 5.82 Å². The molecule has 0 bridgehead atoms. The van der Waals surface area contributed by atoms with Crippen LogP contribution < -0.4 is 4.87 Å². The van der Waals surface area contributed by atoms with E-state index in [4.69, 9.17) is 11.6 Å². The van der Waals surface area contributed by atoms with Gasteiger partial charge in [0.05, 0.1) is 20.8 Å². The highest BCUT2D eigenvalue weighted by molar-refractivity contribution is 7.16. The van der Waals surface area contributed by atoms with E-state index >= 15 is 0 Å². The molecule has 0 aliphatic rings. The van der Waals surface area contributed by atoms with Gasteiger partial charge in [-0.2, -0.15) is 13.2 Å². The van der Waals surface area contributed by atoms with Gasteiger partial charge in [0.25, 0.3) is 0 Å². The largest absolute Gasteiger partial charge is 0.417 e. The number of fused-ring (bicyclic) bond motifs is 1. The van der Waals surface area contributed by atoms with E-state index in [1.807, 2.05) is 0 Å². The first-order chi connectivity index (χ1) is 10.3. The smallest absolute Gasteiger partial charge is 0.256 e. The minimum absolute atomic E-state index is 0.127. The first-order valence-electron chi connectivity index (χ1n) is 5.81. The molecule has 3 rings (SSSR count). The van der Waals surface area contributed by atoms with Crippen molar-refractivity contribution in [3.8, 4) is 5.82 Å². The minimum atomic E-state index is -4.58. The molecule has 0 fully saturated rings. The van der Waals surface area contributed by atoms with Crippen LogP contribution in [0.3, 0.4) is 0 Å². The topological polar surface area (TPSA) is 34.9 Å². The SMILES string of the molecule is O=c1sc2cc(F)ccc2n1-c1ncc(C(F)(F)F)cc1Cl. The summed E-state index contributed by atoms with van der Waals surface area (Å²) >= 11 is 6.59. The highest BCUT2D eigenvalue weighted by Gasteiger charge is 2.32. The summed E-state index contributed by atoms with van der Waals surface area (Å²) in [5.41, 5.74) is -0.689.